The molecule has 0 spiro atoms. The number of halogens is 3. The second-order valence-electron chi connectivity index (χ2n) is 5.69. The molecular formula is C13H17F3N4O2. The van der Waals surface area contributed by atoms with Crippen LogP contribution in [0, 0.1) is 0 Å². The molecule has 1 amide bonds. The molecule has 1 N–H and O–H groups in total. The first-order valence-electron chi connectivity index (χ1n) is 7.10. The molecule has 2 fully saturated rings. The van der Waals surface area contributed by atoms with E-state index in [1.807, 2.05) is 12.1 Å². The van der Waals surface area contributed by atoms with E-state index in [-0.39, 0.29) is 17.8 Å². The molecule has 2 atom stereocenters. The molecule has 2 aliphatic rings. The van der Waals surface area contributed by atoms with Gasteiger partial charge in [-0.1, -0.05) is 0 Å². The predicted molar refractivity (Wildman–Crippen MR) is 70.3 cm³/mol. The molecule has 122 valence electrons. The van der Waals surface area contributed by atoms with Crippen molar-refractivity contribution in [3.8, 4) is 0 Å². The zero-order valence-corrected chi connectivity index (χ0v) is 12.1. The van der Waals surface area contributed by atoms with Gasteiger partial charge in [0, 0.05) is 25.7 Å². The number of ether oxygens (including phenoxy) is 1. The number of alkyl halides is 3. The van der Waals surface area contributed by atoms with E-state index in [2.05, 4.69) is 10.00 Å². The molecule has 1 aromatic rings. The minimum atomic E-state index is -4.54. The van der Waals surface area contributed by atoms with Gasteiger partial charge in [-0.15, -0.1) is 0 Å². The quantitative estimate of drug-likeness (QED) is 0.838. The third-order valence-electron chi connectivity index (χ3n) is 4.15. The van der Waals surface area contributed by atoms with Crippen LogP contribution in [0.5, 0.6) is 0 Å². The lowest BCUT2D eigenvalue weighted by atomic mass is 9.99. The number of carbonyl (C=O) groups is 1. The number of nitrogens with zero attached hydrogens (tertiary/aromatic N) is 3. The van der Waals surface area contributed by atoms with Gasteiger partial charge in [0.1, 0.15) is 5.69 Å². The van der Waals surface area contributed by atoms with Gasteiger partial charge in [0.2, 0.25) is 0 Å². The number of aromatic amines is 1. The maximum atomic E-state index is 12.6. The molecule has 22 heavy (non-hydrogen) atoms. The lowest BCUT2D eigenvalue weighted by molar-refractivity contribution is -0.141. The zero-order chi connectivity index (χ0) is 15.9. The average molecular weight is 318 g/mol. The lowest BCUT2D eigenvalue weighted by Crippen LogP contribution is -2.60. The van der Waals surface area contributed by atoms with Gasteiger partial charge in [0.25, 0.3) is 5.91 Å². The first-order chi connectivity index (χ1) is 10.4. The summed E-state index contributed by atoms with van der Waals surface area (Å²) in [7, 11) is 1.95. The van der Waals surface area contributed by atoms with Crippen molar-refractivity contribution in [2.75, 3.05) is 33.3 Å². The standard InChI is InChI=1S/C13H17F3N4O2/c1-19-3-2-10-9(7-19)20(4-5-22-10)12(21)8-6-11(18-17-8)13(14,15)16/h6,9-10H,2-5,7H2,1H3,(H,17,18)/t9-,10+/m0/s1. The molecule has 0 aliphatic carbocycles. The topological polar surface area (TPSA) is 61.5 Å². The fraction of sp³-hybridized carbons (Fsp3) is 0.692. The number of fused-ring (bicyclic) bond motifs is 1. The van der Waals surface area contributed by atoms with Gasteiger partial charge in [-0.2, -0.15) is 18.3 Å². The molecule has 0 bridgehead atoms. The second-order valence-corrected chi connectivity index (χ2v) is 5.69. The van der Waals surface area contributed by atoms with E-state index in [1.165, 1.54) is 0 Å². The summed E-state index contributed by atoms with van der Waals surface area (Å²) in [6, 6.07) is 0.616. The average Bonchev–Trinajstić information content (AvgIpc) is 2.95. The molecule has 6 nitrogen and oxygen atoms in total. The Morgan fingerprint density at radius 3 is 2.91 bits per heavy atom. The van der Waals surface area contributed by atoms with E-state index in [4.69, 9.17) is 4.74 Å². The summed E-state index contributed by atoms with van der Waals surface area (Å²) in [5, 5.41) is 5.41. The molecular weight excluding hydrogens is 301 g/mol. The van der Waals surface area contributed by atoms with E-state index in [0.717, 1.165) is 19.0 Å². The minimum Gasteiger partial charge on any atom is -0.374 e. The third-order valence-corrected chi connectivity index (χ3v) is 4.15. The number of H-pyrrole nitrogens is 1. The van der Waals surface area contributed by atoms with Crippen LogP contribution in [0.3, 0.4) is 0 Å². The van der Waals surface area contributed by atoms with Crippen LogP contribution in [0.25, 0.3) is 0 Å². The second kappa shape index (κ2) is 5.54. The fourth-order valence-electron chi connectivity index (χ4n) is 3.01. The number of likely N-dealkylation sites (tertiary alicyclic amines) is 1. The Morgan fingerprint density at radius 1 is 1.45 bits per heavy atom. The van der Waals surface area contributed by atoms with Crippen molar-refractivity contribution in [2.45, 2.75) is 24.7 Å². The van der Waals surface area contributed by atoms with E-state index >= 15 is 0 Å². The molecule has 3 rings (SSSR count). The van der Waals surface area contributed by atoms with E-state index in [9.17, 15) is 18.0 Å². The van der Waals surface area contributed by atoms with Crippen LogP contribution in [0.2, 0.25) is 0 Å². The monoisotopic (exact) mass is 318 g/mol. The number of hydrogen-bond acceptors (Lipinski definition) is 4. The number of carbonyl (C=O) groups excluding carboxylic acids is 1. The first-order valence-corrected chi connectivity index (χ1v) is 7.10. The number of likely N-dealkylation sites (N-methyl/N-ethyl adjacent to an activating group) is 1. The Bertz CT molecular complexity index is 560. The Kier molecular flexibility index (Phi) is 3.85. The Balaban J connectivity index is 1.80. The van der Waals surface area contributed by atoms with Crippen molar-refractivity contribution in [1.82, 2.24) is 20.0 Å². The van der Waals surface area contributed by atoms with Gasteiger partial charge in [-0.05, 0) is 13.5 Å². The van der Waals surface area contributed by atoms with Crippen LogP contribution in [-0.4, -0.2) is 71.3 Å². The number of aromatic nitrogens is 2. The Hall–Kier alpha value is -1.61. The molecule has 0 saturated carbocycles. The largest absolute Gasteiger partial charge is 0.432 e. The minimum absolute atomic E-state index is 0.0603. The summed E-state index contributed by atoms with van der Waals surface area (Å²) < 4.78 is 43.5. The number of hydrogen-bond donors (Lipinski definition) is 1. The number of piperidine rings is 1. The van der Waals surface area contributed by atoms with Crippen molar-refractivity contribution in [1.29, 1.82) is 0 Å². The molecule has 9 heteroatoms. The maximum Gasteiger partial charge on any atom is 0.432 e. The highest BCUT2D eigenvalue weighted by atomic mass is 19.4. The van der Waals surface area contributed by atoms with Crippen LogP contribution in [-0.2, 0) is 10.9 Å². The summed E-state index contributed by atoms with van der Waals surface area (Å²) in [5.41, 5.74) is -1.22. The normalized spacial score (nSPS) is 26.8. The maximum absolute atomic E-state index is 12.6. The van der Waals surface area contributed by atoms with Gasteiger partial charge >= 0.3 is 6.18 Å². The SMILES string of the molecule is CN1CC[C@H]2OCCN(C(=O)c3cc(C(F)(F)F)[nH]n3)[C@H]2C1. The molecule has 0 radical (unpaired) electrons. The van der Waals surface area contributed by atoms with Crippen LogP contribution in [0.1, 0.15) is 22.6 Å². The molecule has 1 aromatic heterocycles. The molecule has 0 unspecified atom stereocenters. The highest BCUT2D eigenvalue weighted by molar-refractivity contribution is 5.92. The van der Waals surface area contributed by atoms with Crippen LogP contribution in [0.4, 0.5) is 13.2 Å². The summed E-state index contributed by atoms with van der Waals surface area (Å²) in [6.45, 7) is 2.28. The number of amides is 1. The molecule has 2 aliphatic heterocycles. The van der Waals surface area contributed by atoms with Gasteiger partial charge < -0.3 is 14.5 Å². The van der Waals surface area contributed by atoms with Crippen LogP contribution < -0.4 is 0 Å². The first kappa shape index (κ1) is 15.3. The zero-order valence-electron chi connectivity index (χ0n) is 12.1. The third kappa shape index (κ3) is 2.82. The summed E-state index contributed by atoms with van der Waals surface area (Å²) in [5.74, 6) is -0.486. The lowest BCUT2D eigenvalue weighted by Gasteiger charge is -2.46. The molecule has 3 heterocycles. The van der Waals surface area contributed by atoms with Gasteiger partial charge in [-0.25, -0.2) is 0 Å². The van der Waals surface area contributed by atoms with Crippen molar-refractivity contribution < 1.29 is 22.7 Å². The van der Waals surface area contributed by atoms with E-state index in [0.29, 0.717) is 19.7 Å². The van der Waals surface area contributed by atoms with Crippen LogP contribution in [0.15, 0.2) is 6.07 Å². The van der Waals surface area contributed by atoms with Crippen molar-refractivity contribution in [2.24, 2.45) is 0 Å². The van der Waals surface area contributed by atoms with Gasteiger partial charge in [-0.3, -0.25) is 9.89 Å². The highest BCUT2D eigenvalue weighted by Crippen LogP contribution is 2.29. The summed E-state index contributed by atoms with van der Waals surface area (Å²) in [4.78, 5) is 16.2. The Labute approximate surface area is 125 Å². The summed E-state index contributed by atoms with van der Waals surface area (Å²) >= 11 is 0. The van der Waals surface area contributed by atoms with Crippen molar-refractivity contribution >= 4 is 5.91 Å². The molecule has 0 aromatic carbocycles. The van der Waals surface area contributed by atoms with Gasteiger partial charge in [0.05, 0.1) is 18.8 Å². The van der Waals surface area contributed by atoms with Crippen molar-refractivity contribution in [3.63, 3.8) is 0 Å². The number of nitrogens with one attached hydrogen (secondary N) is 1. The van der Waals surface area contributed by atoms with Crippen molar-refractivity contribution in [3.05, 3.63) is 17.5 Å². The predicted octanol–water partition coefficient (Wildman–Crippen LogP) is 0.974. The highest BCUT2D eigenvalue weighted by Gasteiger charge is 2.40. The smallest absolute Gasteiger partial charge is 0.374 e. The number of morpholine rings is 1. The Morgan fingerprint density at radius 2 is 2.23 bits per heavy atom. The van der Waals surface area contributed by atoms with E-state index in [1.54, 1.807) is 4.90 Å². The van der Waals surface area contributed by atoms with Crippen LogP contribution >= 0.6 is 0 Å². The molecule has 2 saturated heterocycles. The van der Waals surface area contributed by atoms with Gasteiger partial charge in [0.15, 0.2) is 5.69 Å². The summed E-state index contributed by atoms with van der Waals surface area (Å²) in [6.07, 6.45) is -3.79. The van der Waals surface area contributed by atoms with E-state index < -0.39 is 17.8 Å². The number of rotatable bonds is 1. The fourth-order valence-corrected chi connectivity index (χ4v) is 3.01.